The Labute approximate surface area is 94.2 Å². The highest BCUT2D eigenvalue weighted by Gasteiger charge is 2.08. The molecule has 0 N–H and O–H groups in total. The summed E-state index contributed by atoms with van der Waals surface area (Å²) in [5.41, 5.74) is 4.53. The molecule has 0 bridgehead atoms. The molecule has 0 fully saturated rings. The highest BCUT2D eigenvalue weighted by Crippen LogP contribution is 2.26. The van der Waals surface area contributed by atoms with Crippen molar-refractivity contribution < 1.29 is 4.39 Å². The van der Waals surface area contributed by atoms with E-state index in [0.717, 1.165) is 28.1 Å². The zero-order valence-corrected chi connectivity index (χ0v) is 9.58. The van der Waals surface area contributed by atoms with Gasteiger partial charge in [-0.3, -0.25) is 0 Å². The van der Waals surface area contributed by atoms with Gasteiger partial charge in [-0.05, 0) is 50.1 Å². The third-order valence-corrected chi connectivity index (χ3v) is 2.59. The van der Waals surface area contributed by atoms with Crippen molar-refractivity contribution in [1.29, 1.82) is 0 Å². The van der Waals surface area contributed by atoms with E-state index in [-0.39, 0.29) is 5.82 Å². The second-order valence-corrected chi connectivity index (χ2v) is 3.94. The van der Waals surface area contributed by atoms with Crippen LogP contribution in [0.3, 0.4) is 0 Å². The first kappa shape index (κ1) is 10.7. The molecule has 1 heterocycles. The summed E-state index contributed by atoms with van der Waals surface area (Å²) in [5, 5.41) is 8.03. The van der Waals surface area contributed by atoms with Crippen molar-refractivity contribution in [1.82, 2.24) is 10.2 Å². The van der Waals surface area contributed by atoms with Gasteiger partial charge in [0.2, 0.25) is 0 Å². The van der Waals surface area contributed by atoms with Gasteiger partial charge in [0.25, 0.3) is 0 Å². The SMILES string of the molecule is Cc1cc(-c2cc(F)ccc2C)c(C)nn1. The van der Waals surface area contributed by atoms with Gasteiger partial charge in [0, 0.05) is 5.56 Å². The maximum atomic E-state index is 13.2. The van der Waals surface area contributed by atoms with Gasteiger partial charge >= 0.3 is 0 Å². The Hall–Kier alpha value is -1.77. The van der Waals surface area contributed by atoms with E-state index < -0.39 is 0 Å². The van der Waals surface area contributed by atoms with Gasteiger partial charge in [0.05, 0.1) is 11.4 Å². The lowest BCUT2D eigenvalue weighted by Crippen LogP contribution is -1.95. The first-order valence-corrected chi connectivity index (χ1v) is 5.15. The number of benzene rings is 1. The van der Waals surface area contributed by atoms with Crippen LogP contribution in [0.4, 0.5) is 4.39 Å². The van der Waals surface area contributed by atoms with Gasteiger partial charge in [-0.25, -0.2) is 4.39 Å². The van der Waals surface area contributed by atoms with Crippen LogP contribution in [0.25, 0.3) is 11.1 Å². The van der Waals surface area contributed by atoms with Gasteiger partial charge in [0.15, 0.2) is 0 Å². The lowest BCUT2D eigenvalue weighted by atomic mass is 9.99. The van der Waals surface area contributed by atoms with E-state index in [1.807, 2.05) is 26.8 Å². The molecule has 0 atom stereocenters. The summed E-state index contributed by atoms with van der Waals surface area (Å²) < 4.78 is 13.2. The normalized spacial score (nSPS) is 10.5. The van der Waals surface area contributed by atoms with Crippen LogP contribution in [0.2, 0.25) is 0 Å². The van der Waals surface area contributed by atoms with Gasteiger partial charge in [-0.1, -0.05) is 6.07 Å². The van der Waals surface area contributed by atoms with E-state index in [2.05, 4.69) is 10.2 Å². The lowest BCUT2D eigenvalue weighted by Gasteiger charge is -2.08. The highest BCUT2D eigenvalue weighted by molar-refractivity contribution is 5.69. The Morgan fingerprint density at radius 2 is 1.69 bits per heavy atom. The minimum absolute atomic E-state index is 0.227. The molecule has 2 rings (SSSR count). The molecule has 0 saturated heterocycles. The van der Waals surface area contributed by atoms with E-state index in [4.69, 9.17) is 0 Å². The van der Waals surface area contributed by atoms with Crippen LogP contribution in [0, 0.1) is 26.6 Å². The zero-order valence-electron chi connectivity index (χ0n) is 9.58. The summed E-state index contributed by atoms with van der Waals surface area (Å²) in [6.07, 6.45) is 0. The fourth-order valence-electron chi connectivity index (χ4n) is 1.71. The maximum absolute atomic E-state index is 13.2. The smallest absolute Gasteiger partial charge is 0.123 e. The fraction of sp³-hybridized carbons (Fsp3) is 0.231. The minimum atomic E-state index is -0.227. The standard InChI is InChI=1S/C13H13FN2/c1-8-4-5-11(14)7-12(8)13-6-9(2)15-16-10(13)3/h4-7H,1-3H3. The van der Waals surface area contributed by atoms with Crippen molar-refractivity contribution in [2.45, 2.75) is 20.8 Å². The monoisotopic (exact) mass is 216 g/mol. The number of aryl methyl sites for hydroxylation is 3. The number of aromatic nitrogens is 2. The number of hydrogen-bond donors (Lipinski definition) is 0. The topological polar surface area (TPSA) is 25.8 Å². The maximum Gasteiger partial charge on any atom is 0.123 e. The number of halogens is 1. The van der Waals surface area contributed by atoms with Crippen molar-refractivity contribution in [2.75, 3.05) is 0 Å². The first-order chi connectivity index (χ1) is 7.58. The Morgan fingerprint density at radius 3 is 2.44 bits per heavy atom. The number of rotatable bonds is 1. The summed E-state index contributed by atoms with van der Waals surface area (Å²) in [6, 6.07) is 6.72. The van der Waals surface area contributed by atoms with Crippen LogP contribution >= 0.6 is 0 Å². The summed E-state index contributed by atoms with van der Waals surface area (Å²) in [6.45, 7) is 5.72. The third kappa shape index (κ3) is 1.94. The van der Waals surface area contributed by atoms with Crippen molar-refractivity contribution >= 4 is 0 Å². The predicted octanol–water partition coefficient (Wildman–Crippen LogP) is 3.21. The Balaban J connectivity index is 2.66. The second-order valence-electron chi connectivity index (χ2n) is 3.94. The molecule has 0 radical (unpaired) electrons. The van der Waals surface area contributed by atoms with E-state index in [1.54, 1.807) is 12.1 Å². The second kappa shape index (κ2) is 4.00. The molecular formula is C13H13FN2. The van der Waals surface area contributed by atoms with Gasteiger partial charge in [-0.2, -0.15) is 10.2 Å². The molecule has 0 aliphatic carbocycles. The number of hydrogen-bond acceptors (Lipinski definition) is 2. The van der Waals surface area contributed by atoms with Crippen LogP contribution in [0.1, 0.15) is 17.0 Å². The lowest BCUT2D eigenvalue weighted by molar-refractivity contribution is 0.628. The summed E-state index contributed by atoms with van der Waals surface area (Å²) in [7, 11) is 0. The quantitative estimate of drug-likeness (QED) is 0.731. The molecule has 0 aliphatic heterocycles. The van der Waals surface area contributed by atoms with Crippen LogP contribution in [0.5, 0.6) is 0 Å². The van der Waals surface area contributed by atoms with E-state index in [0.29, 0.717) is 0 Å². The molecule has 2 nitrogen and oxygen atoms in total. The number of nitrogens with zero attached hydrogens (tertiary/aromatic N) is 2. The van der Waals surface area contributed by atoms with Crippen molar-refractivity contribution in [3.8, 4) is 11.1 Å². The van der Waals surface area contributed by atoms with Gasteiger partial charge in [0.1, 0.15) is 5.82 Å². The van der Waals surface area contributed by atoms with Gasteiger partial charge in [-0.15, -0.1) is 0 Å². The molecule has 0 amide bonds. The van der Waals surface area contributed by atoms with Gasteiger partial charge < -0.3 is 0 Å². The van der Waals surface area contributed by atoms with Crippen LogP contribution in [0.15, 0.2) is 24.3 Å². The van der Waals surface area contributed by atoms with Crippen molar-refractivity contribution in [3.63, 3.8) is 0 Å². The average molecular weight is 216 g/mol. The minimum Gasteiger partial charge on any atom is -0.207 e. The Bertz CT molecular complexity index is 486. The summed E-state index contributed by atoms with van der Waals surface area (Å²) >= 11 is 0. The molecule has 0 aliphatic rings. The largest absolute Gasteiger partial charge is 0.207 e. The Kier molecular flexibility index (Phi) is 2.69. The summed E-state index contributed by atoms with van der Waals surface area (Å²) in [4.78, 5) is 0. The first-order valence-electron chi connectivity index (χ1n) is 5.15. The van der Waals surface area contributed by atoms with Crippen LogP contribution in [-0.4, -0.2) is 10.2 Å². The van der Waals surface area contributed by atoms with E-state index in [1.165, 1.54) is 6.07 Å². The highest BCUT2D eigenvalue weighted by atomic mass is 19.1. The molecule has 0 unspecified atom stereocenters. The average Bonchev–Trinajstić information content (AvgIpc) is 2.25. The molecule has 3 heteroatoms. The molecule has 16 heavy (non-hydrogen) atoms. The molecule has 1 aromatic heterocycles. The van der Waals surface area contributed by atoms with Crippen LogP contribution < -0.4 is 0 Å². The zero-order chi connectivity index (χ0) is 11.7. The van der Waals surface area contributed by atoms with Crippen molar-refractivity contribution in [2.24, 2.45) is 0 Å². The fourth-order valence-corrected chi connectivity index (χ4v) is 1.71. The molecule has 82 valence electrons. The summed E-state index contributed by atoms with van der Waals surface area (Å²) in [5.74, 6) is -0.227. The molecular weight excluding hydrogens is 203 g/mol. The molecule has 0 saturated carbocycles. The molecule has 0 spiro atoms. The van der Waals surface area contributed by atoms with E-state index in [9.17, 15) is 4.39 Å². The third-order valence-electron chi connectivity index (χ3n) is 2.59. The molecule has 2 aromatic rings. The van der Waals surface area contributed by atoms with Crippen molar-refractivity contribution in [3.05, 3.63) is 47.0 Å². The molecule has 1 aromatic carbocycles. The van der Waals surface area contributed by atoms with E-state index >= 15 is 0 Å². The predicted molar refractivity (Wildman–Crippen MR) is 61.6 cm³/mol. The Morgan fingerprint density at radius 1 is 0.938 bits per heavy atom. The van der Waals surface area contributed by atoms with Crippen LogP contribution in [-0.2, 0) is 0 Å².